The van der Waals surface area contributed by atoms with Gasteiger partial charge in [-0.05, 0) is 38.0 Å². The molecule has 1 unspecified atom stereocenters. The number of aliphatic hydroxyl groups is 1. The van der Waals surface area contributed by atoms with Crippen LogP contribution in [0.25, 0.3) is 0 Å². The van der Waals surface area contributed by atoms with Crippen molar-refractivity contribution in [2.24, 2.45) is 5.92 Å². The van der Waals surface area contributed by atoms with Crippen LogP contribution in [0.2, 0.25) is 0 Å². The maximum atomic E-state index is 10.7. The molecular formula is C15H26N2O2. The number of rotatable bonds is 5. The van der Waals surface area contributed by atoms with Crippen molar-refractivity contribution < 1.29 is 9.84 Å². The Bertz CT molecular complexity index is 395. The molecule has 0 aromatic carbocycles. The van der Waals surface area contributed by atoms with Crippen LogP contribution in [0.5, 0.6) is 0 Å². The van der Waals surface area contributed by atoms with Gasteiger partial charge in [-0.25, -0.2) is 0 Å². The van der Waals surface area contributed by atoms with Gasteiger partial charge in [-0.15, -0.1) is 0 Å². The molecule has 1 N–H and O–H groups in total. The topological polar surface area (TPSA) is 47.3 Å². The minimum Gasteiger partial charge on any atom is -0.385 e. The van der Waals surface area contributed by atoms with Crippen molar-refractivity contribution in [3.8, 4) is 0 Å². The van der Waals surface area contributed by atoms with Crippen molar-refractivity contribution in [1.29, 1.82) is 0 Å². The van der Waals surface area contributed by atoms with E-state index >= 15 is 0 Å². The molecule has 0 saturated heterocycles. The lowest BCUT2D eigenvalue weighted by Gasteiger charge is -2.41. The molecule has 0 bridgehead atoms. The van der Waals surface area contributed by atoms with Gasteiger partial charge in [0.15, 0.2) is 0 Å². The van der Waals surface area contributed by atoms with E-state index in [4.69, 9.17) is 4.74 Å². The number of hydrogen-bond donors (Lipinski definition) is 1. The third-order valence-electron chi connectivity index (χ3n) is 4.45. The Morgan fingerprint density at radius 3 is 2.79 bits per heavy atom. The molecule has 1 fully saturated rings. The summed E-state index contributed by atoms with van der Waals surface area (Å²) in [6.45, 7) is 5.28. The van der Waals surface area contributed by atoms with Gasteiger partial charge < -0.3 is 9.84 Å². The quantitative estimate of drug-likeness (QED) is 0.891. The largest absolute Gasteiger partial charge is 0.385 e. The molecule has 4 heteroatoms. The number of nitrogens with zero attached hydrogens (tertiary/aromatic N) is 2. The zero-order chi connectivity index (χ0) is 13.9. The van der Waals surface area contributed by atoms with E-state index in [0.29, 0.717) is 0 Å². The number of aromatic nitrogens is 2. The second-order valence-electron chi connectivity index (χ2n) is 5.89. The first-order valence-corrected chi connectivity index (χ1v) is 7.37. The van der Waals surface area contributed by atoms with Gasteiger partial charge in [0.2, 0.25) is 0 Å². The Kier molecular flexibility index (Phi) is 4.63. The first-order valence-electron chi connectivity index (χ1n) is 7.37. The van der Waals surface area contributed by atoms with Crippen molar-refractivity contribution in [3.05, 3.63) is 18.0 Å². The van der Waals surface area contributed by atoms with Gasteiger partial charge in [0.05, 0.1) is 11.8 Å². The van der Waals surface area contributed by atoms with Crippen LogP contribution in [0, 0.1) is 5.92 Å². The minimum absolute atomic E-state index is 0.424. The van der Waals surface area contributed by atoms with Gasteiger partial charge in [-0.3, -0.25) is 4.68 Å². The van der Waals surface area contributed by atoms with Crippen LogP contribution in [0.3, 0.4) is 0 Å². The Labute approximate surface area is 115 Å². The Hall–Kier alpha value is -0.870. The SMILES string of the molecule is CCCn1cc(C(O)C2(OC)CCC(C)CC2)cn1. The summed E-state index contributed by atoms with van der Waals surface area (Å²) < 4.78 is 7.62. The zero-order valence-corrected chi connectivity index (χ0v) is 12.3. The van der Waals surface area contributed by atoms with E-state index in [1.54, 1.807) is 13.3 Å². The van der Waals surface area contributed by atoms with Gasteiger partial charge >= 0.3 is 0 Å². The lowest BCUT2D eigenvalue weighted by atomic mass is 9.75. The summed E-state index contributed by atoms with van der Waals surface area (Å²) in [5.74, 6) is 0.735. The molecule has 0 spiro atoms. The summed E-state index contributed by atoms with van der Waals surface area (Å²) in [5, 5.41) is 15.0. The van der Waals surface area contributed by atoms with Crippen molar-refractivity contribution in [2.45, 2.75) is 64.2 Å². The monoisotopic (exact) mass is 266 g/mol. The lowest BCUT2D eigenvalue weighted by Crippen LogP contribution is -2.41. The van der Waals surface area contributed by atoms with E-state index in [0.717, 1.165) is 50.1 Å². The highest BCUT2D eigenvalue weighted by molar-refractivity contribution is 5.14. The molecule has 0 aliphatic heterocycles. The van der Waals surface area contributed by atoms with Crippen LogP contribution >= 0.6 is 0 Å². The average Bonchev–Trinajstić information content (AvgIpc) is 2.88. The first kappa shape index (κ1) is 14.5. The first-order chi connectivity index (χ1) is 9.11. The highest BCUT2D eigenvalue weighted by Crippen LogP contribution is 2.42. The van der Waals surface area contributed by atoms with Gasteiger partial charge in [0.1, 0.15) is 6.10 Å². The van der Waals surface area contributed by atoms with Crippen molar-refractivity contribution in [1.82, 2.24) is 9.78 Å². The molecule has 1 aliphatic carbocycles. The number of hydrogen-bond acceptors (Lipinski definition) is 3. The van der Waals surface area contributed by atoms with E-state index in [9.17, 15) is 5.11 Å². The standard InChI is InChI=1S/C15H26N2O2/c1-4-9-17-11-13(10-16-17)14(18)15(19-3)7-5-12(2)6-8-15/h10-12,14,18H,4-9H2,1-3H3. The van der Waals surface area contributed by atoms with Crippen LogP contribution in [0.4, 0.5) is 0 Å². The third-order valence-corrected chi connectivity index (χ3v) is 4.45. The molecule has 1 aromatic rings. The molecule has 1 aliphatic rings. The van der Waals surface area contributed by atoms with Crippen LogP contribution < -0.4 is 0 Å². The van der Waals surface area contributed by atoms with Crippen LogP contribution in [-0.2, 0) is 11.3 Å². The molecule has 1 atom stereocenters. The maximum absolute atomic E-state index is 10.7. The summed E-state index contributed by atoms with van der Waals surface area (Å²) in [4.78, 5) is 0. The summed E-state index contributed by atoms with van der Waals surface area (Å²) in [6.07, 6.45) is 8.28. The summed E-state index contributed by atoms with van der Waals surface area (Å²) in [7, 11) is 1.72. The highest BCUT2D eigenvalue weighted by atomic mass is 16.5. The number of aliphatic hydroxyl groups excluding tert-OH is 1. The summed E-state index contributed by atoms with van der Waals surface area (Å²) in [5.41, 5.74) is 0.455. The number of aryl methyl sites for hydroxylation is 1. The lowest BCUT2D eigenvalue weighted by molar-refractivity contribution is -0.130. The average molecular weight is 266 g/mol. The number of methoxy groups -OCH3 is 1. The van der Waals surface area contributed by atoms with Gasteiger partial charge in [-0.1, -0.05) is 13.8 Å². The highest BCUT2D eigenvalue weighted by Gasteiger charge is 2.42. The minimum atomic E-state index is -0.574. The van der Waals surface area contributed by atoms with E-state index in [1.807, 2.05) is 10.9 Å². The maximum Gasteiger partial charge on any atom is 0.111 e. The molecule has 1 heterocycles. The molecule has 0 amide bonds. The fourth-order valence-corrected chi connectivity index (χ4v) is 3.02. The van der Waals surface area contributed by atoms with Gasteiger partial charge in [0, 0.05) is 25.4 Å². The van der Waals surface area contributed by atoms with E-state index in [-0.39, 0.29) is 0 Å². The van der Waals surface area contributed by atoms with E-state index in [1.165, 1.54) is 0 Å². The molecule has 2 rings (SSSR count). The molecule has 1 aromatic heterocycles. The molecule has 1 saturated carbocycles. The normalized spacial score (nSPS) is 29.4. The Balaban J connectivity index is 2.13. The molecule has 0 radical (unpaired) electrons. The predicted octanol–water partition coefficient (Wildman–Crippen LogP) is 2.92. The molecule has 4 nitrogen and oxygen atoms in total. The van der Waals surface area contributed by atoms with Gasteiger partial charge in [-0.2, -0.15) is 5.10 Å². The summed E-state index contributed by atoms with van der Waals surface area (Å²) in [6, 6.07) is 0. The van der Waals surface area contributed by atoms with Crippen molar-refractivity contribution >= 4 is 0 Å². The van der Waals surface area contributed by atoms with Crippen molar-refractivity contribution in [3.63, 3.8) is 0 Å². The molecular weight excluding hydrogens is 240 g/mol. The predicted molar refractivity (Wildman–Crippen MR) is 74.8 cm³/mol. The molecule has 108 valence electrons. The number of ether oxygens (including phenoxy) is 1. The third kappa shape index (κ3) is 3.00. The Morgan fingerprint density at radius 1 is 1.53 bits per heavy atom. The second kappa shape index (κ2) is 6.06. The van der Waals surface area contributed by atoms with Crippen LogP contribution in [-0.4, -0.2) is 27.6 Å². The fraction of sp³-hybridized carbons (Fsp3) is 0.800. The zero-order valence-electron chi connectivity index (χ0n) is 12.3. The van der Waals surface area contributed by atoms with Crippen LogP contribution in [0.1, 0.15) is 57.6 Å². The summed E-state index contributed by atoms with van der Waals surface area (Å²) >= 11 is 0. The molecule has 19 heavy (non-hydrogen) atoms. The Morgan fingerprint density at radius 2 is 2.21 bits per heavy atom. The van der Waals surface area contributed by atoms with Crippen LogP contribution in [0.15, 0.2) is 12.4 Å². The van der Waals surface area contributed by atoms with E-state index < -0.39 is 11.7 Å². The fourth-order valence-electron chi connectivity index (χ4n) is 3.02. The van der Waals surface area contributed by atoms with E-state index in [2.05, 4.69) is 18.9 Å². The van der Waals surface area contributed by atoms with Gasteiger partial charge in [0.25, 0.3) is 0 Å². The second-order valence-corrected chi connectivity index (χ2v) is 5.89. The smallest absolute Gasteiger partial charge is 0.111 e. The van der Waals surface area contributed by atoms with Crippen molar-refractivity contribution in [2.75, 3.05) is 7.11 Å².